The number of carbonyl (C=O) groups is 1. The van der Waals surface area contributed by atoms with E-state index < -0.39 is 29.4 Å². The fourth-order valence-electron chi connectivity index (χ4n) is 1.52. The van der Waals surface area contributed by atoms with Crippen LogP contribution in [-0.4, -0.2) is 13.1 Å². The molecule has 2 nitrogen and oxygen atoms in total. The third kappa shape index (κ3) is 3.45. The molecule has 0 fully saturated rings. The van der Waals surface area contributed by atoms with Crippen molar-refractivity contribution in [2.75, 3.05) is 7.11 Å². The van der Waals surface area contributed by atoms with Crippen LogP contribution < -0.4 is 0 Å². The summed E-state index contributed by atoms with van der Waals surface area (Å²) in [6.07, 6.45) is -4.80. The predicted molar refractivity (Wildman–Crippen MR) is 56.5 cm³/mol. The number of rotatable bonds is 3. The number of hydrogen-bond donors (Lipinski definition) is 0. The summed E-state index contributed by atoms with van der Waals surface area (Å²) in [6.45, 7) is 1.57. The highest BCUT2D eigenvalue weighted by atomic mass is 19.4. The average Bonchev–Trinajstić information content (AvgIpc) is 2.27. The molecule has 0 aliphatic rings. The molecular weight excluding hydrogens is 252 g/mol. The minimum absolute atomic E-state index is 0.0561. The van der Waals surface area contributed by atoms with Gasteiger partial charge in [-0.1, -0.05) is 13.0 Å². The van der Waals surface area contributed by atoms with Gasteiger partial charge in [-0.25, -0.2) is 4.39 Å². The molecule has 0 saturated heterocycles. The van der Waals surface area contributed by atoms with Gasteiger partial charge in [-0.3, -0.25) is 4.79 Å². The van der Waals surface area contributed by atoms with Gasteiger partial charge in [0.15, 0.2) is 0 Å². The quantitative estimate of drug-likeness (QED) is 0.617. The summed E-state index contributed by atoms with van der Waals surface area (Å²) in [4.78, 5) is 11.0. The number of alkyl halides is 3. The lowest BCUT2D eigenvalue weighted by atomic mass is 9.96. The van der Waals surface area contributed by atoms with Crippen LogP contribution in [-0.2, 0) is 15.7 Å². The summed E-state index contributed by atoms with van der Waals surface area (Å²) < 4.78 is 54.9. The van der Waals surface area contributed by atoms with Crippen molar-refractivity contribution in [1.82, 2.24) is 0 Å². The SMILES string of the molecule is COC(=O)CC(C)c1ccc(F)c(C(F)(F)F)c1. The van der Waals surface area contributed by atoms with Crippen LogP contribution in [0.4, 0.5) is 17.6 Å². The van der Waals surface area contributed by atoms with Gasteiger partial charge in [0, 0.05) is 0 Å². The fourth-order valence-corrected chi connectivity index (χ4v) is 1.52. The van der Waals surface area contributed by atoms with E-state index in [4.69, 9.17) is 0 Å². The summed E-state index contributed by atoms with van der Waals surface area (Å²) in [5.41, 5.74) is -1.08. The highest BCUT2D eigenvalue weighted by Gasteiger charge is 2.34. The maximum atomic E-state index is 13.0. The van der Waals surface area contributed by atoms with E-state index in [1.54, 1.807) is 6.92 Å². The second-order valence-corrected chi connectivity index (χ2v) is 3.92. The third-order valence-corrected chi connectivity index (χ3v) is 2.57. The molecule has 6 heteroatoms. The van der Waals surface area contributed by atoms with E-state index in [0.717, 1.165) is 12.1 Å². The monoisotopic (exact) mass is 264 g/mol. The zero-order chi connectivity index (χ0) is 13.9. The Bertz CT molecular complexity index is 440. The first kappa shape index (κ1) is 14.5. The molecule has 0 amide bonds. The lowest BCUT2D eigenvalue weighted by molar-refractivity contribution is -0.141. The number of benzene rings is 1. The number of carbonyl (C=O) groups excluding carboxylic acids is 1. The van der Waals surface area contributed by atoms with Crippen molar-refractivity contribution in [1.29, 1.82) is 0 Å². The highest BCUT2D eigenvalue weighted by Crippen LogP contribution is 2.33. The average molecular weight is 264 g/mol. The molecule has 18 heavy (non-hydrogen) atoms. The van der Waals surface area contributed by atoms with Crippen molar-refractivity contribution in [3.8, 4) is 0 Å². The van der Waals surface area contributed by atoms with E-state index in [1.807, 2.05) is 0 Å². The predicted octanol–water partition coefficient (Wildman–Crippen LogP) is 3.51. The molecular formula is C12H12F4O2. The molecule has 100 valence electrons. The molecule has 0 heterocycles. The molecule has 1 unspecified atom stereocenters. The summed E-state index contributed by atoms with van der Waals surface area (Å²) in [5, 5.41) is 0. The summed E-state index contributed by atoms with van der Waals surface area (Å²) in [7, 11) is 1.20. The Morgan fingerprint density at radius 1 is 1.39 bits per heavy atom. The number of methoxy groups -OCH3 is 1. The molecule has 0 saturated carbocycles. The topological polar surface area (TPSA) is 26.3 Å². The van der Waals surface area contributed by atoms with Gasteiger partial charge in [0.2, 0.25) is 0 Å². The van der Waals surface area contributed by atoms with Crippen molar-refractivity contribution in [2.45, 2.75) is 25.4 Å². The Hall–Kier alpha value is -1.59. The molecule has 0 N–H and O–H groups in total. The van der Waals surface area contributed by atoms with E-state index in [0.29, 0.717) is 0 Å². The minimum atomic E-state index is -4.74. The highest BCUT2D eigenvalue weighted by molar-refractivity contribution is 5.70. The Morgan fingerprint density at radius 2 is 2.00 bits per heavy atom. The van der Waals surface area contributed by atoms with Crippen LogP contribution >= 0.6 is 0 Å². The van der Waals surface area contributed by atoms with Gasteiger partial charge in [-0.15, -0.1) is 0 Å². The van der Waals surface area contributed by atoms with Gasteiger partial charge in [0.1, 0.15) is 5.82 Å². The van der Waals surface area contributed by atoms with Gasteiger partial charge in [0.25, 0.3) is 0 Å². The maximum Gasteiger partial charge on any atom is 0.419 e. The van der Waals surface area contributed by atoms with Crippen LogP contribution in [0.2, 0.25) is 0 Å². The van der Waals surface area contributed by atoms with Crippen LogP contribution in [0.5, 0.6) is 0 Å². The summed E-state index contributed by atoms with van der Waals surface area (Å²) in [6, 6.07) is 2.72. The first-order valence-electron chi connectivity index (χ1n) is 5.19. The van der Waals surface area contributed by atoms with Crippen molar-refractivity contribution in [3.05, 3.63) is 35.1 Å². The van der Waals surface area contributed by atoms with Gasteiger partial charge >= 0.3 is 12.1 Å². The molecule has 1 aromatic carbocycles. The van der Waals surface area contributed by atoms with E-state index in [2.05, 4.69) is 4.74 Å². The van der Waals surface area contributed by atoms with E-state index in [1.165, 1.54) is 13.2 Å². The van der Waals surface area contributed by atoms with Gasteiger partial charge in [-0.2, -0.15) is 13.2 Å². The standard InChI is InChI=1S/C12H12F4O2/c1-7(5-11(17)18-2)8-3-4-10(13)9(6-8)12(14,15)16/h3-4,6-7H,5H2,1-2H3. The maximum absolute atomic E-state index is 13.0. The van der Waals surface area contributed by atoms with Crippen LogP contribution in [0.25, 0.3) is 0 Å². The number of ether oxygens (including phenoxy) is 1. The lowest BCUT2D eigenvalue weighted by Gasteiger charge is -2.14. The molecule has 0 radical (unpaired) electrons. The molecule has 1 rings (SSSR count). The van der Waals surface area contributed by atoms with Crippen molar-refractivity contribution >= 4 is 5.97 Å². The molecule has 0 aliphatic heterocycles. The molecule has 1 atom stereocenters. The Labute approximate surface area is 102 Å². The normalized spacial score (nSPS) is 13.2. The first-order chi connectivity index (χ1) is 8.25. The number of hydrogen-bond acceptors (Lipinski definition) is 2. The zero-order valence-corrected chi connectivity index (χ0v) is 9.84. The molecule has 0 aliphatic carbocycles. The van der Waals surface area contributed by atoms with Crippen LogP contribution in [0.15, 0.2) is 18.2 Å². The van der Waals surface area contributed by atoms with E-state index >= 15 is 0 Å². The summed E-state index contributed by atoms with van der Waals surface area (Å²) in [5.74, 6) is -2.32. The van der Waals surface area contributed by atoms with Crippen LogP contribution in [0, 0.1) is 5.82 Å². The largest absolute Gasteiger partial charge is 0.469 e. The van der Waals surface area contributed by atoms with Crippen molar-refractivity contribution in [2.24, 2.45) is 0 Å². The van der Waals surface area contributed by atoms with Crippen molar-refractivity contribution in [3.63, 3.8) is 0 Å². The third-order valence-electron chi connectivity index (χ3n) is 2.57. The smallest absolute Gasteiger partial charge is 0.419 e. The van der Waals surface area contributed by atoms with E-state index in [9.17, 15) is 22.4 Å². The Balaban J connectivity index is 3.01. The lowest BCUT2D eigenvalue weighted by Crippen LogP contribution is -2.11. The van der Waals surface area contributed by atoms with Gasteiger partial charge in [0.05, 0.1) is 19.1 Å². The number of esters is 1. The molecule has 1 aromatic rings. The van der Waals surface area contributed by atoms with Crippen LogP contribution in [0.3, 0.4) is 0 Å². The van der Waals surface area contributed by atoms with Gasteiger partial charge < -0.3 is 4.74 Å². The van der Waals surface area contributed by atoms with Crippen LogP contribution in [0.1, 0.15) is 30.4 Å². The number of halogens is 4. The second kappa shape index (κ2) is 5.37. The minimum Gasteiger partial charge on any atom is -0.469 e. The summed E-state index contributed by atoms with van der Waals surface area (Å²) >= 11 is 0. The molecule has 0 bridgehead atoms. The zero-order valence-electron chi connectivity index (χ0n) is 9.84. The Morgan fingerprint density at radius 3 is 2.50 bits per heavy atom. The van der Waals surface area contributed by atoms with Crippen molar-refractivity contribution < 1.29 is 27.1 Å². The van der Waals surface area contributed by atoms with E-state index in [-0.39, 0.29) is 12.0 Å². The molecule has 0 spiro atoms. The van der Waals surface area contributed by atoms with Gasteiger partial charge in [-0.05, 0) is 23.6 Å². The molecule has 0 aromatic heterocycles. The Kier molecular flexibility index (Phi) is 4.32. The fraction of sp³-hybridized carbons (Fsp3) is 0.417. The second-order valence-electron chi connectivity index (χ2n) is 3.92. The first-order valence-corrected chi connectivity index (χ1v) is 5.19.